The molecule has 1 aliphatic heterocycles. The first-order valence-corrected chi connectivity index (χ1v) is 27.7. The molecule has 12 aromatic rings. The summed E-state index contributed by atoms with van der Waals surface area (Å²) >= 11 is 0. The molecule has 0 N–H and O–H groups in total. The van der Waals surface area contributed by atoms with E-state index in [-0.39, 0.29) is 17.0 Å². The molecule has 6 nitrogen and oxygen atoms in total. The lowest BCUT2D eigenvalue weighted by Crippen LogP contribution is -2.28. The number of para-hydroxylation sites is 4. The van der Waals surface area contributed by atoms with Gasteiger partial charge >= 0.3 is 0 Å². The van der Waals surface area contributed by atoms with Gasteiger partial charge in [-0.1, -0.05) is 208 Å². The second-order valence-corrected chi connectivity index (χ2v) is 21.5. The first kappa shape index (κ1) is 47.5. The van der Waals surface area contributed by atoms with E-state index in [1.807, 2.05) is 12.2 Å². The fourth-order valence-electron chi connectivity index (χ4n) is 13.9. The van der Waals surface area contributed by atoms with E-state index in [4.69, 9.17) is 13.2 Å². The Bertz CT molecular complexity index is 4750. The number of anilines is 1. The highest BCUT2D eigenvalue weighted by atomic mass is 15.2. The zero-order valence-electron chi connectivity index (χ0n) is 44.7. The van der Waals surface area contributed by atoms with E-state index >= 15 is 0 Å². The maximum absolute atomic E-state index is 12.4. The van der Waals surface area contributed by atoms with Crippen LogP contribution in [0.3, 0.4) is 0 Å². The number of allylic oxidation sites excluding steroid dienone is 7. The van der Waals surface area contributed by atoms with Crippen LogP contribution in [0.1, 0.15) is 58.0 Å². The van der Waals surface area contributed by atoms with Crippen LogP contribution in [0.15, 0.2) is 261 Å². The molecule has 3 aromatic heterocycles. The number of aromatic nitrogens is 3. The summed E-state index contributed by atoms with van der Waals surface area (Å²) in [6.45, 7) is 12.0. The van der Waals surface area contributed by atoms with E-state index < -0.39 is 5.41 Å². The van der Waals surface area contributed by atoms with Gasteiger partial charge in [0.05, 0.1) is 66.9 Å². The lowest BCUT2D eigenvalue weighted by atomic mass is 9.67. The van der Waals surface area contributed by atoms with Gasteiger partial charge in [-0.3, -0.25) is 0 Å². The van der Waals surface area contributed by atoms with Gasteiger partial charge < -0.3 is 18.6 Å². The van der Waals surface area contributed by atoms with E-state index in [1.54, 1.807) is 0 Å². The fraction of sp³-hybridized carbons (Fsp3) is 0.0667. The summed E-state index contributed by atoms with van der Waals surface area (Å²) in [6, 6.07) is 74.9. The van der Waals surface area contributed by atoms with Crippen LogP contribution in [0, 0.1) is 28.6 Å². The summed E-state index contributed by atoms with van der Waals surface area (Å²) in [6.07, 6.45) is 18.6. The lowest BCUT2D eigenvalue weighted by molar-refractivity contribution is 0.769. The van der Waals surface area contributed by atoms with Gasteiger partial charge in [-0.05, 0) is 112 Å². The van der Waals surface area contributed by atoms with Crippen molar-refractivity contribution in [1.82, 2.24) is 13.7 Å². The Balaban J connectivity index is 1.20. The van der Waals surface area contributed by atoms with Crippen molar-refractivity contribution in [2.75, 3.05) is 4.90 Å². The monoisotopic (exact) mass is 1040 g/mol. The maximum Gasteiger partial charge on any atom is 0.103 e. The Kier molecular flexibility index (Phi) is 10.9. The van der Waals surface area contributed by atoms with Crippen LogP contribution in [-0.2, 0) is 11.8 Å². The summed E-state index contributed by atoms with van der Waals surface area (Å²) in [5.74, 6) is 0.0779. The van der Waals surface area contributed by atoms with E-state index in [0.29, 0.717) is 34.1 Å². The van der Waals surface area contributed by atoms with Crippen LogP contribution in [0.4, 0.5) is 5.69 Å². The summed E-state index contributed by atoms with van der Waals surface area (Å²) < 4.78 is 6.86. The van der Waals surface area contributed by atoms with Crippen molar-refractivity contribution in [3.63, 3.8) is 0 Å². The molecule has 1 unspecified atom stereocenters. The third kappa shape index (κ3) is 6.78. The van der Waals surface area contributed by atoms with E-state index in [2.05, 4.69) is 268 Å². The third-order valence-electron chi connectivity index (χ3n) is 17.2. The van der Waals surface area contributed by atoms with Gasteiger partial charge in [0.1, 0.15) is 12.1 Å². The van der Waals surface area contributed by atoms with Gasteiger partial charge in [-0.2, -0.15) is 10.5 Å². The van der Waals surface area contributed by atoms with Crippen molar-refractivity contribution in [1.29, 1.82) is 10.5 Å². The van der Waals surface area contributed by atoms with Crippen molar-refractivity contribution < 1.29 is 0 Å². The smallest absolute Gasteiger partial charge is 0.103 e. The SMILES string of the molecule is C=C1/C=C\C=C/C(C)/C=C\C(=C)N1c1c(-n2c3c(c4cc5c(cc42)-c2ccccc2C5(c2ccccc2)c2ccccc2)CCC=C3)c(C#N)c(C#N)c(-n2c3ccccc3c3ccccc32)c1-n1c2ccccc2c2ccccc21. The molecule has 1 atom stereocenters. The number of rotatable bonds is 6. The van der Waals surface area contributed by atoms with Crippen molar-refractivity contribution in [3.05, 3.63) is 306 Å². The van der Waals surface area contributed by atoms with Gasteiger partial charge in [0.15, 0.2) is 0 Å². The third-order valence-corrected chi connectivity index (χ3v) is 17.2. The van der Waals surface area contributed by atoms with E-state index in [9.17, 15) is 10.5 Å². The van der Waals surface area contributed by atoms with Gasteiger partial charge in [0.25, 0.3) is 0 Å². The summed E-state index contributed by atoms with van der Waals surface area (Å²) in [5, 5.41) is 30.1. The van der Waals surface area contributed by atoms with Crippen LogP contribution < -0.4 is 4.90 Å². The molecule has 6 heteroatoms. The predicted octanol–water partition coefficient (Wildman–Crippen LogP) is 18.0. The second kappa shape index (κ2) is 18.5. The minimum absolute atomic E-state index is 0.0779. The molecule has 15 rings (SSSR count). The normalized spacial score (nSPS) is 16.6. The van der Waals surface area contributed by atoms with E-state index in [0.717, 1.165) is 84.2 Å². The van der Waals surface area contributed by atoms with Crippen molar-refractivity contribution >= 4 is 66.3 Å². The zero-order valence-corrected chi connectivity index (χ0v) is 44.7. The molecular weight excluding hydrogens is 985 g/mol. The standard InChI is InChI=1S/C75H52N6/c1-48-24-10-11-25-49(2)78(50(3)43-42-48)73-71(81-69-41-23-17-35-58(69)60-44-64-59(45-70(60)81)53-30-12-18-36-63(53)75(64,51-26-6-4-7-27-51)52-28-8-5-9-29-52)61(46-76)62(47-77)72(79-65-37-19-13-31-54(65)55-32-14-20-38-66(55)79)74(73)80-67-39-21-15-33-56(67)57-34-16-22-40-68(57)80/h4-16,18-34,36-45,48H,2-3,17,35H2,1H3/b24-10-,25-11-,43-42-. The van der Waals surface area contributed by atoms with Crippen molar-refractivity contribution in [2.45, 2.75) is 25.2 Å². The second-order valence-electron chi connectivity index (χ2n) is 21.5. The molecule has 0 bridgehead atoms. The van der Waals surface area contributed by atoms with Crippen LogP contribution >= 0.6 is 0 Å². The number of hydrogen-bond donors (Lipinski definition) is 0. The fourth-order valence-corrected chi connectivity index (χ4v) is 13.9. The first-order valence-electron chi connectivity index (χ1n) is 27.7. The highest BCUT2D eigenvalue weighted by Gasteiger charge is 2.47. The minimum Gasteiger partial charge on any atom is -0.308 e. The molecule has 0 saturated carbocycles. The summed E-state index contributed by atoms with van der Waals surface area (Å²) in [4.78, 5) is 2.13. The molecule has 2 aliphatic carbocycles. The molecule has 382 valence electrons. The predicted molar refractivity (Wildman–Crippen MR) is 333 cm³/mol. The van der Waals surface area contributed by atoms with Crippen molar-refractivity contribution in [2.24, 2.45) is 5.92 Å². The molecule has 3 aliphatic rings. The highest BCUT2D eigenvalue weighted by Crippen LogP contribution is 2.58. The first-order chi connectivity index (χ1) is 39.9. The molecule has 0 radical (unpaired) electrons. The topological polar surface area (TPSA) is 65.6 Å². The highest BCUT2D eigenvalue weighted by molar-refractivity contribution is 6.14. The molecule has 9 aromatic carbocycles. The number of benzene rings is 9. The Morgan fingerprint density at radius 2 is 0.963 bits per heavy atom. The average molecular weight is 1040 g/mol. The maximum atomic E-state index is 12.4. The van der Waals surface area contributed by atoms with Crippen LogP contribution in [0.25, 0.3) is 88.8 Å². The van der Waals surface area contributed by atoms with Gasteiger partial charge in [0, 0.05) is 44.0 Å². The Morgan fingerprint density at radius 3 is 1.54 bits per heavy atom. The van der Waals surface area contributed by atoms with Gasteiger partial charge in [-0.25, -0.2) is 0 Å². The number of fused-ring (bicyclic) bond motifs is 12. The van der Waals surface area contributed by atoms with Gasteiger partial charge in [-0.15, -0.1) is 0 Å². The average Bonchev–Trinajstić information content (AvgIpc) is 4.38. The van der Waals surface area contributed by atoms with Gasteiger partial charge in [0.2, 0.25) is 0 Å². The summed E-state index contributed by atoms with van der Waals surface area (Å²) in [7, 11) is 0. The van der Waals surface area contributed by atoms with Crippen LogP contribution in [0.5, 0.6) is 0 Å². The summed E-state index contributed by atoms with van der Waals surface area (Å²) in [5.41, 5.74) is 17.3. The van der Waals surface area contributed by atoms with Crippen molar-refractivity contribution in [3.8, 4) is 40.3 Å². The molecule has 0 fully saturated rings. The Morgan fingerprint density at radius 1 is 0.457 bits per heavy atom. The lowest BCUT2D eigenvalue weighted by Gasteiger charge is -2.34. The van der Waals surface area contributed by atoms with Crippen LogP contribution in [0.2, 0.25) is 0 Å². The quantitative estimate of drug-likeness (QED) is 0.167. The Labute approximate surface area is 470 Å². The molecule has 4 heterocycles. The Hall–Kier alpha value is -10.7. The molecule has 0 saturated heterocycles. The zero-order chi connectivity index (χ0) is 54.5. The minimum atomic E-state index is -0.645. The number of nitriles is 2. The molecule has 0 amide bonds. The molecule has 0 spiro atoms. The number of aryl methyl sites for hydroxylation is 1. The molecule has 81 heavy (non-hydrogen) atoms. The largest absolute Gasteiger partial charge is 0.308 e. The number of hydrogen-bond acceptors (Lipinski definition) is 3. The van der Waals surface area contributed by atoms with Crippen LogP contribution in [-0.4, -0.2) is 13.7 Å². The van der Waals surface area contributed by atoms with E-state index in [1.165, 1.54) is 27.8 Å². The molecular formula is C75H52N6. The number of nitrogens with zero attached hydrogens (tertiary/aromatic N) is 6.